The maximum Gasteiger partial charge on any atom is 0.338 e. The number of aliphatic hydroxyl groups is 1. The Hall–Kier alpha value is -1.31. The zero-order chi connectivity index (χ0) is 15.6. The number of carbonyl (C=O) groups is 2. The van der Waals surface area contributed by atoms with Gasteiger partial charge in [0.1, 0.15) is 17.7 Å². The Labute approximate surface area is 129 Å². The van der Waals surface area contributed by atoms with Crippen molar-refractivity contribution in [2.75, 3.05) is 6.61 Å². The first-order chi connectivity index (χ1) is 9.87. The fourth-order valence-electron chi connectivity index (χ4n) is 2.10. The third-order valence-corrected chi connectivity index (χ3v) is 4.05. The van der Waals surface area contributed by atoms with Gasteiger partial charge in [0.2, 0.25) is 0 Å². The Kier molecular flexibility index (Phi) is 4.75. The summed E-state index contributed by atoms with van der Waals surface area (Å²) in [5.41, 5.74) is -2.01. The van der Waals surface area contributed by atoms with Crippen molar-refractivity contribution in [2.45, 2.75) is 29.8 Å². The smallest absolute Gasteiger partial charge is 0.338 e. The second-order valence-electron chi connectivity index (χ2n) is 4.72. The molecule has 0 amide bonds. The van der Waals surface area contributed by atoms with Gasteiger partial charge < -0.3 is 14.6 Å². The summed E-state index contributed by atoms with van der Waals surface area (Å²) < 4.78 is 24.1. The van der Waals surface area contributed by atoms with Gasteiger partial charge >= 0.3 is 5.97 Å². The average molecular weight is 361 g/mol. The van der Waals surface area contributed by atoms with Crippen molar-refractivity contribution in [1.82, 2.24) is 0 Å². The van der Waals surface area contributed by atoms with Gasteiger partial charge in [-0.2, -0.15) is 0 Å². The Bertz CT molecular complexity index is 537. The molecule has 2 rings (SSSR count). The second kappa shape index (κ2) is 6.21. The lowest BCUT2D eigenvalue weighted by Gasteiger charge is -2.26. The molecule has 1 fully saturated rings. The highest BCUT2D eigenvalue weighted by Gasteiger charge is 2.59. The first-order valence-corrected chi connectivity index (χ1v) is 7.18. The normalized spacial score (nSPS) is 31.9. The van der Waals surface area contributed by atoms with Crippen molar-refractivity contribution in [1.29, 1.82) is 0 Å². The molecular formula is C14H14BrFO5. The van der Waals surface area contributed by atoms with E-state index in [-0.39, 0.29) is 0 Å². The molecule has 1 aliphatic rings. The van der Waals surface area contributed by atoms with Crippen LogP contribution in [0.1, 0.15) is 17.3 Å². The predicted molar refractivity (Wildman–Crippen MR) is 74.8 cm³/mol. The molecule has 114 valence electrons. The summed E-state index contributed by atoms with van der Waals surface area (Å²) in [4.78, 5) is 23.3. The number of Topliss-reactive ketones (excluding diaryl/α,β-unsaturated/α-hetero) is 1. The fraction of sp³-hybridized carbons (Fsp3) is 0.429. The van der Waals surface area contributed by atoms with Gasteiger partial charge in [-0.25, -0.2) is 9.18 Å². The number of carbonyl (C=O) groups excluding carboxylic acids is 2. The van der Waals surface area contributed by atoms with E-state index >= 15 is 0 Å². The number of benzene rings is 1. The summed E-state index contributed by atoms with van der Waals surface area (Å²) in [6.45, 7) is 0.638. The van der Waals surface area contributed by atoms with Crippen LogP contribution >= 0.6 is 15.9 Å². The van der Waals surface area contributed by atoms with Crippen LogP contribution in [0.5, 0.6) is 0 Å². The summed E-state index contributed by atoms with van der Waals surface area (Å²) in [7, 11) is 0. The quantitative estimate of drug-likeness (QED) is 0.652. The maximum absolute atomic E-state index is 13.9. The maximum atomic E-state index is 13.9. The molecule has 0 radical (unpaired) electrons. The predicted octanol–water partition coefficient (Wildman–Crippen LogP) is 1.62. The lowest BCUT2D eigenvalue weighted by atomic mass is 9.90. The van der Waals surface area contributed by atoms with Crippen molar-refractivity contribution < 1.29 is 28.6 Å². The van der Waals surface area contributed by atoms with Crippen LogP contribution in [-0.2, 0) is 14.3 Å². The average Bonchev–Trinajstić information content (AvgIpc) is 2.71. The van der Waals surface area contributed by atoms with Gasteiger partial charge in [0, 0.05) is 0 Å². The zero-order valence-electron chi connectivity index (χ0n) is 11.2. The van der Waals surface area contributed by atoms with Crippen molar-refractivity contribution in [3.05, 3.63) is 35.9 Å². The number of esters is 1. The number of ketones is 1. The zero-order valence-corrected chi connectivity index (χ0v) is 12.7. The Morgan fingerprint density at radius 1 is 1.43 bits per heavy atom. The Morgan fingerprint density at radius 2 is 2.05 bits per heavy atom. The molecule has 1 aromatic rings. The molecular weight excluding hydrogens is 347 g/mol. The van der Waals surface area contributed by atoms with Crippen molar-refractivity contribution in [3.63, 3.8) is 0 Å². The van der Waals surface area contributed by atoms with E-state index in [0.717, 1.165) is 6.92 Å². The molecule has 1 saturated heterocycles. The number of hydrogen-bond acceptors (Lipinski definition) is 5. The summed E-state index contributed by atoms with van der Waals surface area (Å²) in [6.07, 6.45) is -3.20. The largest absolute Gasteiger partial charge is 0.459 e. The van der Waals surface area contributed by atoms with Crippen LogP contribution in [0.3, 0.4) is 0 Å². The highest BCUT2D eigenvalue weighted by atomic mass is 79.9. The van der Waals surface area contributed by atoms with Crippen LogP contribution in [0.2, 0.25) is 0 Å². The molecule has 5 nitrogen and oxygen atoms in total. The van der Waals surface area contributed by atoms with E-state index in [1.54, 1.807) is 30.3 Å². The molecule has 1 aliphatic heterocycles. The van der Waals surface area contributed by atoms with E-state index in [1.807, 2.05) is 0 Å². The van der Waals surface area contributed by atoms with Gasteiger partial charge in [0.05, 0.1) is 5.56 Å². The molecule has 0 bridgehead atoms. The molecule has 0 aromatic heterocycles. The van der Waals surface area contributed by atoms with E-state index in [0.29, 0.717) is 5.56 Å². The van der Waals surface area contributed by atoms with Gasteiger partial charge in [-0.05, 0) is 19.1 Å². The fourth-order valence-corrected chi connectivity index (χ4v) is 2.77. The van der Waals surface area contributed by atoms with Crippen LogP contribution in [0.4, 0.5) is 4.39 Å². The molecule has 0 aliphatic carbocycles. The molecule has 7 heteroatoms. The lowest BCUT2D eigenvalue weighted by molar-refractivity contribution is -0.148. The third-order valence-electron chi connectivity index (χ3n) is 3.37. The number of ether oxygens (including phenoxy) is 2. The molecule has 1 aromatic carbocycles. The molecule has 21 heavy (non-hydrogen) atoms. The number of rotatable bonds is 4. The van der Waals surface area contributed by atoms with Gasteiger partial charge in [-0.1, -0.05) is 34.1 Å². The second-order valence-corrected chi connectivity index (χ2v) is 5.63. The molecule has 0 spiro atoms. The third kappa shape index (κ3) is 3.00. The monoisotopic (exact) mass is 360 g/mol. The SMILES string of the molecule is CC(=O)[C@@]1(O)[C@@H](COC(=O)c2ccccc2)O[C@H](Br)[C@@H]1F. The van der Waals surface area contributed by atoms with Crippen LogP contribution < -0.4 is 0 Å². The first-order valence-electron chi connectivity index (χ1n) is 6.26. The minimum Gasteiger partial charge on any atom is -0.459 e. The molecule has 1 heterocycles. The molecule has 0 unspecified atom stereocenters. The summed E-state index contributed by atoms with van der Waals surface area (Å²) in [5.74, 6) is -1.42. The Balaban J connectivity index is 2.06. The van der Waals surface area contributed by atoms with E-state index in [4.69, 9.17) is 9.47 Å². The van der Waals surface area contributed by atoms with Crippen LogP contribution in [-0.4, -0.2) is 46.4 Å². The van der Waals surface area contributed by atoms with Gasteiger partial charge in [0.15, 0.2) is 17.6 Å². The van der Waals surface area contributed by atoms with Crippen LogP contribution in [0.25, 0.3) is 0 Å². The van der Waals surface area contributed by atoms with Gasteiger partial charge in [0.25, 0.3) is 0 Å². The van der Waals surface area contributed by atoms with Crippen LogP contribution in [0, 0.1) is 0 Å². The minimum atomic E-state index is -2.33. The summed E-state index contributed by atoms with van der Waals surface area (Å²) in [5, 5.41) is 9.05. The number of alkyl halides is 2. The highest BCUT2D eigenvalue weighted by molar-refractivity contribution is 9.09. The van der Waals surface area contributed by atoms with E-state index in [9.17, 15) is 19.1 Å². The number of halogens is 2. The highest BCUT2D eigenvalue weighted by Crippen LogP contribution is 2.37. The van der Waals surface area contributed by atoms with E-state index in [2.05, 4.69) is 15.9 Å². The van der Waals surface area contributed by atoms with E-state index < -0.39 is 41.2 Å². The molecule has 4 atom stereocenters. The van der Waals surface area contributed by atoms with Crippen molar-refractivity contribution >= 4 is 27.7 Å². The Morgan fingerprint density at radius 3 is 2.62 bits per heavy atom. The molecule has 1 N–H and O–H groups in total. The van der Waals surface area contributed by atoms with Gasteiger partial charge in [-0.15, -0.1) is 0 Å². The molecule has 0 saturated carbocycles. The van der Waals surface area contributed by atoms with Crippen molar-refractivity contribution in [2.24, 2.45) is 0 Å². The van der Waals surface area contributed by atoms with E-state index in [1.165, 1.54) is 0 Å². The topological polar surface area (TPSA) is 72.8 Å². The standard InChI is InChI=1S/C14H14BrFO5/c1-8(17)14(19)10(21-12(15)11(14)16)7-20-13(18)9-5-3-2-4-6-9/h2-6,10-12,19H,7H2,1H3/t10-,11+,12+,14-/m1/s1. The summed E-state index contributed by atoms with van der Waals surface area (Å²) >= 11 is 2.89. The van der Waals surface area contributed by atoms with Gasteiger partial charge in [-0.3, -0.25) is 4.79 Å². The minimum absolute atomic E-state index is 0.314. The summed E-state index contributed by atoms with van der Waals surface area (Å²) in [6, 6.07) is 8.19. The lowest BCUT2D eigenvalue weighted by Crippen LogP contribution is -2.53. The first kappa shape index (κ1) is 16.1. The van der Waals surface area contributed by atoms with Crippen molar-refractivity contribution in [3.8, 4) is 0 Å². The number of hydrogen-bond donors (Lipinski definition) is 1. The van der Waals surface area contributed by atoms with Crippen LogP contribution in [0.15, 0.2) is 30.3 Å².